The quantitative estimate of drug-likeness (QED) is 0.336. The number of carbonyl (C=O) groups excluding carboxylic acids is 1. The lowest BCUT2D eigenvalue weighted by Gasteiger charge is -2.27. The molecule has 11 heteroatoms. The summed E-state index contributed by atoms with van der Waals surface area (Å²) in [6.45, 7) is 9.83. The van der Waals surface area contributed by atoms with E-state index in [0.717, 1.165) is 73.7 Å². The van der Waals surface area contributed by atoms with Gasteiger partial charge in [0, 0.05) is 68.8 Å². The number of likely N-dealkylation sites (tertiary alicyclic amines) is 1. The van der Waals surface area contributed by atoms with E-state index in [1.54, 1.807) is 18.5 Å². The van der Waals surface area contributed by atoms with Gasteiger partial charge >= 0.3 is 6.01 Å². The average molecular weight is 541 g/mol. The topological polar surface area (TPSA) is 125 Å². The zero-order chi connectivity index (χ0) is 27.5. The predicted molar refractivity (Wildman–Crippen MR) is 151 cm³/mol. The maximum atomic E-state index is 12.5. The van der Waals surface area contributed by atoms with Gasteiger partial charge in [-0.25, -0.2) is 19.9 Å². The Morgan fingerprint density at radius 3 is 2.60 bits per heavy atom. The van der Waals surface area contributed by atoms with Crippen molar-refractivity contribution in [3.05, 3.63) is 67.4 Å². The molecule has 2 saturated heterocycles. The van der Waals surface area contributed by atoms with Gasteiger partial charge in [0.25, 0.3) is 0 Å². The van der Waals surface area contributed by atoms with Crippen molar-refractivity contribution in [2.45, 2.75) is 18.9 Å². The van der Waals surface area contributed by atoms with Crippen LogP contribution < -0.4 is 10.5 Å². The highest BCUT2D eigenvalue weighted by molar-refractivity contribution is 6.02. The highest BCUT2D eigenvalue weighted by atomic mass is 16.5. The molecule has 40 heavy (non-hydrogen) atoms. The molecule has 4 aromatic rings. The van der Waals surface area contributed by atoms with E-state index in [0.29, 0.717) is 24.7 Å². The fourth-order valence-corrected chi connectivity index (χ4v) is 5.67. The van der Waals surface area contributed by atoms with Crippen molar-refractivity contribution in [3.63, 3.8) is 0 Å². The lowest BCUT2D eigenvalue weighted by Crippen LogP contribution is -2.38. The number of carbonyl (C=O) groups is 1. The smallest absolute Gasteiger partial charge is 0.321 e. The zero-order valence-corrected chi connectivity index (χ0v) is 22.3. The Balaban J connectivity index is 1.43. The molecule has 206 valence electrons. The number of aromatic nitrogens is 5. The Bertz CT molecular complexity index is 1500. The maximum Gasteiger partial charge on any atom is 0.321 e. The molecule has 5 heterocycles. The molecule has 0 spiro atoms. The molecule has 2 N–H and O–H groups in total. The number of anilines is 1. The van der Waals surface area contributed by atoms with Gasteiger partial charge in [-0.3, -0.25) is 9.69 Å². The van der Waals surface area contributed by atoms with Gasteiger partial charge in [-0.15, -0.1) is 0 Å². The molecule has 1 atom stereocenters. The Labute approximate surface area is 232 Å². The van der Waals surface area contributed by atoms with Crippen LogP contribution in [0.15, 0.2) is 61.7 Å². The second-order valence-corrected chi connectivity index (χ2v) is 9.96. The largest absolute Gasteiger partial charge is 0.424 e. The van der Waals surface area contributed by atoms with Crippen LogP contribution in [0, 0.1) is 0 Å². The lowest BCUT2D eigenvalue weighted by molar-refractivity contribution is -0.125. The molecule has 0 radical (unpaired) electrons. The summed E-state index contributed by atoms with van der Waals surface area (Å²) in [5.74, 6) is 1.11. The van der Waals surface area contributed by atoms with Gasteiger partial charge in [0.2, 0.25) is 5.91 Å². The maximum absolute atomic E-state index is 12.5. The molecule has 0 unspecified atom stereocenters. The number of hydrogen-bond donors (Lipinski definition) is 1. The van der Waals surface area contributed by atoms with Crippen LogP contribution in [0.2, 0.25) is 0 Å². The monoisotopic (exact) mass is 540 g/mol. The van der Waals surface area contributed by atoms with Crippen molar-refractivity contribution in [1.29, 1.82) is 0 Å². The molecule has 2 aliphatic rings. The van der Waals surface area contributed by atoms with Crippen molar-refractivity contribution in [1.82, 2.24) is 34.3 Å². The second kappa shape index (κ2) is 11.4. The molecule has 6 rings (SSSR count). The molecular weight excluding hydrogens is 508 g/mol. The molecule has 2 aliphatic heterocycles. The van der Waals surface area contributed by atoms with Crippen LogP contribution in [0.5, 0.6) is 11.8 Å². The molecule has 2 fully saturated rings. The first-order valence-electron chi connectivity index (χ1n) is 13.5. The number of nitrogens with two attached hydrogens (primary N) is 1. The van der Waals surface area contributed by atoms with E-state index in [9.17, 15) is 4.79 Å². The molecule has 0 aliphatic carbocycles. The molecule has 3 aromatic heterocycles. The molecule has 0 saturated carbocycles. The Kier molecular flexibility index (Phi) is 7.39. The van der Waals surface area contributed by atoms with E-state index in [-0.39, 0.29) is 17.8 Å². The van der Waals surface area contributed by atoms with Crippen LogP contribution in [-0.4, -0.2) is 86.1 Å². The summed E-state index contributed by atoms with van der Waals surface area (Å²) in [6, 6.07) is 9.84. The number of nitrogen functional groups attached to an aromatic ring is 1. The highest BCUT2D eigenvalue weighted by Gasteiger charge is 2.33. The third-order valence-electron chi connectivity index (χ3n) is 7.61. The number of fused-ring (bicyclic) bond motifs is 1. The first kappa shape index (κ1) is 25.9. The lowest BCUT2D eigenvalue weighted by atomic mass is 9.94. The van der Waals surface area contributed by atoms with Crippen LogP contribution in [0.25, 0.3) is 22.2 Å². The molecule has 0 bridgehead atoms. The van der Waals surface area contributed by atoms with Crippen LogP contribution in [0.1, 0.15) is 18.0 Å². The fourth-order valence-electron chi connectivity index (χ4n) is 5.67. The van der Waals surface area contributed by atoms with Crippen molar-refractivity contribution in [2.75, 3.05) is 51.7 Å². The normalized spacial score (nSPS) is 17.8. The van der Waals surface area contributed by atoms with Crippen molar-refractivity contribution < 1.29 is 14.3 Å². The summed E-state index contributed by atoms with van der Waals surface area (Å²) < 4.78 is 13.7. The first-order chi connectivity index (χ1) is 19.6. The van der Waals surface area contributed by atoms with E-state index in [2.05, 4.69) is 31.0 Å². The Morgan fingerprint density at radius 1 is 1.07 bits per heavy atom. The van der Waals surface area contributed by atoms with Gasteiger partial charge in [-0.05, 0) is 36.3 Å². The fraction of sp³-hybridized carbons (Fsp3) is 0.345. The Hall–Kier alpha value is -4.35. The summed E-state index contributed by atoms with van der Waals surface area (Å²) in [4.78, 5) is 34.1. The van der Waals surface area contributed by atoms with Crippen molar-refractivity contribution in [2.24, 2.45) is 0 Å². The van der Waals surface area contributed by atoms with E-state index in [1.807, 2.05) is 29.2 Å². The van der Waals surface area contributed by atoms with Crippen LogP contribution in [-0.2, 0) is 16.1 Å². The molecule has 1 aromatic carbocycles. The number of amides is 1. The second-order valence-electron chi connectivity index (χ2n) is 9.96. The Morgan fingerprint density at radius 2 is 1.85 bits per heavy atom. The van der Waals surface area contributed by atoms with E-state index in [1.165, 1.54) is 12.4 Å². The minimum absolute atomic E-state index is 0.0519. The van der Waals surface area contributed by atoms with E-state index in [4.69, 9.17) is 20.2 Å². The summed E-state index contributed by atoms with van der Waals surface area (Å²) in [5, 5.41) is 0.827. The third kappa shape index (κ3) is 5.13. The molecule has 11 nitrogen and oxygen atoms in total. The van der Waals surface area contributed by atoms with Gasteiger partial charge in [0.05, 0.1) is 18.6 Å². The van der Waals surface area contributed by atoms with E-state index < -0.39 is 0 Å². The summed E-state index contributed by atoms with van der Waals surface area (Å²) in [7, 11) is 0. The van der Waals surface area contributed by atoms with Crippen LogP contribution in [0.4, 0.5) is 5.82 Å². The number of rotatable bonds is 8. The van der Waals surface area contributed by atoms with Gasteiger partial charge < -0.3 is 24.7 Å². The predicted octanol–water partition coefficient (Wildman–Crippen LogP) is 3.10. The summed E-state index contributed by atoms with van der Waals surface area (Å²) in [6.07, 6.45) is 7.02. The number of benzene rings is 1. The minimum Gasteiger partial charge on any atom is -0.424 e. The first-order valence-corrected chi connectivity index (χ1v) is 13.5. The van der Waals surface area contributed by atoms with Crippen molar-refractivity contribution in [3.8, 4) is 22.9 Å². The minimum atomic E-state index is -0.0519. The number of hydrogen-bond acceptors (Lipinski definition) is 9. The van der Waals surface area contributed by atoms with Crippen LogP contribution in [0.3, 0.4) is 0 Å². The standard InChI is InChI=1S/C29H32N8O3/c1-2-23(38)36-11-8-21(18-36)26-24(20-4-6-22(7-5-20)40-29-31-9-3-10-32-29)25-27(30)33-19-34-28(25)37(26)13-12-35-14-16-39-17-15-35/h2-7,9-10,19,21H,1,8,11-18H2,(H2,30,33,34)/t21-/m1/s1. The third-order valence-corrected chi connectivity index (χ3v) is 7.61. The number of nitrogens with zero attached hydrogens (tertiary/aromatic N) is 7. The SMILES string of the molecule is C=CC(=O)N1CC[C@@H](c2c(-c3ccc(Oc4ncccn4)cc3)c3c(N)ncnc3n2CCN2CCOCC2)C1. The van der Waals surface area contributed by atoms with Gasteiger partial charge in [0.1, 0.15) is 23.5 Å². The van der Waals surface area contributed by atoms with Gasteiger partial charge in [-0.1, -0.05) is 18.7 Å². The summed E-state index contributed by atoms with van der Waals surface area (Å²) >= 11 is 0. The van der Waals surface area contributed by atoms with Crippen LogP contribution >= 0.6 is 0 Å². The number of ether oxygens (including phenoxy) is 2. The average Bonchev–Trinajstić information content (AvgIpc) is 3.61. The molecular formula is C29H32N8O3. The van der Waals surface area contributed by atoms with Crippen molar-refractivity contribution >= 4 is 22.8 Å². The zero-order valence-electron chi connectivity index (χ0n) is 22.3. The van der Waals surface area contributed by atoms with Gasteiger partial charge in [-0.2, -0.15) is 0 Å². The van der Waals surface area contributed by atoms with E-state index >= 15 is 0 Å². The summed E-state index contributed by atoms with van der Waals surface area (Å²) in [5.41, 5.74) is 10.4. The highest BCUT2D eigenvalue weighted by Crippen LogP contribution is 2.43. The molecule has 1 amide bonds. The number of morpholine rings is 1. The van der Waals surface area contributed by atoms with Gasteiger partial charge in [0.15, 0.2) is 0 Å².